The van der Waals surface area contributed by atoms with E-state index in [0.717, 1.165) is 0 Å². The van der Waals surface area contributed by atoms with Crippen molar-refractivity contribution in [2.45, 2.75) is 19.4 Å². The zero-order valence-corrected chi connectivity index (χ0v) is 19.6. The van der Waals surface area contributed by atoms with Gasteiger partial charge in [0.1, 0.15) is 11.7 Å². The van der Waals surface area contributed by atoms with Gasteiger partial charge in [-0.25, -0.2) is 4.79 Å². The van der Waals surface area contributed by atoms with E-state index < -0.39 is 17.9 Å². The molecule has 3 aromatic rings. The molecule has 0 spiro atoms. The highest BCUT2D eigenvalue weighted by atomic mass is 16.5. The molecule has 0 fully saturated rings. The Labute approximate surface area is 202 Å². The van der Waals surface area contributed by atoms with E-state index in [9.17, 15) is 19.2 Å². The van der Waals surface area contributed by atoms with Crippen molar-refractivity contribution >= 4 is 40.8 Å². The molecular weight excluding hydrogens is 450 g/mol. The maximum absolute atomic E-state index is 12.8. The Bertz CT molecular complexity index is 1270. The fraction of sp³-hybridized carbons (Fsp3) is 0.200. The number of aryl methyl sites for hydroxylation is 1. The maximum atomic E-state index is 12.8. The molecule has 5 N–H and O–H groups in total. The van der Waals surface area contributed by atoms with Gasteiger partial charge in [-0.05, 0) is 48.9 Å². The summed E-state index contributed by atoms with van der Waals surface area (Å²) in [4.78, 5) is 49.0. The van der Waals surface area contributed by atoms with Gasteiger partial charge in [-0.1, -0.05) is 18.2 Å². The van der Waals surface area contributed by atoms with E-state index in [1.54, 1.807) is 72.4 Å². The summed E-state index contributed by atoms with van der Waals surface area (Å²) >= 11 is 0. The molecule has 1 heterocycles. The number of rotatable bonds is 8. The van der Waals surface area contributed by atoms with Crippen molar-refractivity contribution in [2.24, 2.45) is 7.05 Å². The number of anilines is 3. The van der Waals surface area contributed by atoms with Gasteiger partial charge in [0.2, 0.25) is 5.91 Å². The minimum absolute atomic E-state index is 0.0232. The topological polar surface area (TPSA) is 145 Å². The van der Waals surface area contributed by atoms with Crippen LogP contribution in [0.3, 0.4) is 0 Å². The minimum Gasteiger partial charge on any atom is -0.467 e. The second-order valence-corrected chi connectivity index (χ2v) is 7.95. The third-order valence-electron chi connectivity index (χ3n) is 5.13. The molecule has 3 rings (SSSR count). The number of nitrogens with one attached hydrogen (secondary N) is 3. The number of hydrogen-bond donors (Lipinski definition) is 4. The summed E-state index contributed by atoms with van der Waals surface area (Å²) in [6, 6.07) is 14.2. The summed E-state index contributed by atoms with van der Waals surface area (Å²) in [5, 5.41) is 8.10. The Morgan fingerprint density at radius 3 is 2.40 bits per heavy atom. The number of amides is 3. The number of nitrogens with zero attached hydrogens (tertiary/aromatic N) is 1. The molecule has 3 amide bonds. The molecule has 1 aromatic heterocycles. The van der Waals surface area contributed by atoms with Crippen LogP contribution in [0.4, 0.5) is 17.1 Å². The average molecular weight is 478 g/mol. The molecular formula is C25H27N5O5. The standard InChI is InChI=1S/C25H27N5O5/c1-15(25(34)35-3)27-22(31)11-16-6-4-9-19(10-16)28-24(33)21-13-20(14-30(21)2)29-23(32)17-7-5-8-18(26)12-17/h4-10,12-15H,11,26H2,1-3H3,(H,27,31)(H,28,33)(H,29,32). The molecule has 182 valence electrons. The quantitative estimate of drug-likeness (QED) is 0.289. The second kappa shape index (κ2) is 11.0. The Morgan fingerprint density at radius 1 is 0.971 bits per heavy atom. The first-order valence-corrected chi connectivity index (χ1v) is 10.8. The van der Waals surface area contributed by atoms with Gasteiger partial charge in [0.25, 0.3) is 11.8 Å². The third kappa shape index (κ3) is 6.70. The van der Waals surface area contributed by atoms with Gasteiger partial charge in [-0.15, -0.1) is 0 Å². The molecule has 0 aliphatic rings. The predicted molar refractivity (Wildman–Crippen MR) is 132 cm³/mol. The molecule has 0 aliphatic heterocycles. The van der Waals surface area contributed by atoms with Crippen molar-refractivity contribution in [1.29, 1.82) is 0 Å². The molecule has 1 atom stereocenters. The third-order valence-corrected chi connectivity index (χ3v) is 5.13. The van der Waals surface area contributed by atoms with Crippen LogP contribution in [0.15, 0.2) is 60.8 Å². The van der Waals surface area contributed by atoms with E-state index in [-0.39, 0.29) is 18.2 Å². The van der Waals surface area contributed by atoms with Gasteiger partial charge < -0.3 is 31.0 Å². The fourth-order valence-electron chi connectivity index (χ4n) is 3.41. The van der Waals surface area contributed by atoms with Crippen molar-refractivity contribution in [3.8, 4) is 0 Å². The minimum atomic E-state index is -0.762. The summed E-state index contributed by atoms with van der Waals surface area (Å²) in [6.07, 6.45) is 1.65. The number of carbonyl (C=O) groups is 4. The lowest BCUT2D eigenvalue weighted by molar-refractivity contribution is -0.144. The van der Waals surface area contributed by atoms with Gasteiger partial charge in [0.15, 0.2) is 0 Å². The van der Waals surface area contributed by atoms with Gasteiger partial charge in [-0.3, -0.25) is 14.4 Å². The highest BCUT2D eigenvalue weighted by molar-refractivity contribution is 6.07. The van der Waals surface area contributed by atoms with Crippen LogP contribution < -0.4 is 21.7 Å². The number of hydrogen-bond acceptors (Lipinski definition) is 6. The van der Waals surface area contributed by atoms with Crippen molar-refractivity contribution in [3.05, 3.63) is 77.6 Å². The lowest BCUT2D eigenvalue weighted by Crippen LogP contribution is -2.39. The first-order valence-electron chi connectivity index (χ1n) is 10.8. The van der Waals surface area contributed by atoms with Crippen molar-refractivity contribution in [2.75, 3.05) is 23.5 Å². The number of benzene rings is 2. The van der Waals surface area contributed by atoms with Crippen LogP contribution >= 0.6 is 0 Å². The Kier molecular flexibility index (Phi) is 7.88. The largest absolute Gasteiger partial charge is 0.467 e. The number of esters is 1. The van der Waals surface area contributed by atoms with Crippen LogP contribution in [0.2, 0.25) is 0 Å². The van der Waals surface area contributed by atoms with Crippen molar-refractivity contribution in [3.63, 3.8) is 0 Å². The highest BCUT2D eigenvalue weighted by Gasteiger charge is 2.17. The average Bonchev–Trinajstić information content (AvgIpc) is 3.18. The summed E-state index contributed by atoms with van der Waals surface area (Å²) in [7, 11) is 2.94. The number of nitrogens with two attached hydrogens (primary N) is 1. The SMILES string of the molecule is COC(=O)C(C)NC(=O)Cc1cccc(NC(=O)c2cc(NC(=O)c3cccc(N)c3)cn2C)c1. The predicted octanol–water partition coefficient (Wildman–Crippen LogP) is 2.33. The molecule has 10 nitrogen and oxygen atoms in total. The Morgan fingerprint density at radius 2 is 1.69 bits per heavy atom. The van der Waals surface area contributed by atoms with Crippen LogP contribution in [0.5, 0.6) is 0 Å². The van der Waals surface area contributed by atoms with Crippen LogP contribution in [0, 0.1) is 0 Å². The van der Waals surface area contributed by atoms with E-state index in [0.29, 0.717) is 33.9 Å². The summed E-state index contributed by atoms with van der Waals surface area (Å²) in [5.74, 6) is -1.63. The van der Waals surface area contributed by atoms with E-state index in [2.05, 4.69) is 20.7 Å². The first kappa shape index (κ1) is 25.0. The number of nitrogen functional groups attached to an aromatic ring is 1. The van der Waals surface area contributed by atoms with Gasteiger partial charge in [0.05, 0.1) is 19.2 Å². The highest BCUT2D eigenvalue weighted by Crippen LogP contribution is 2.18. The van der Waals surface area contributed by atoms with Crippen LogP contribution in [-0.4, -0.2) is 41.4 Å². The molecule has 10 heteroatoms. The number of carbonyl (C=O) groups excluding carboxylic acids is 4. The molecule has 0 saturated heterocycles. The Balaban J connectivity index is 1.64. The molecule has 0 radical (unpaired) electrons. The van der Waals surface area contributed by atoms with Crippen LogP contribution in [0.1, 0.15) is 33.3 Å². The smallest absolute Gasteiger partial charge is 0.328 e. The van der Waals surface area contributed by atoms with Gasteiger partial charge in [0, 0.05) is 30.2 Å². The first-order chi connectivity index (χ1) is 16.7. The fourth-order valence-corrected chi connectivity index (χ4v) is 3.41. The maximum Gasteiger partial charge on any atom is 0.328 e. The second-order valence-electron chi connectivity index (χ2n) is 7.95. The molecule has 0 saturated carbocycles. The molecule has 0 bridgehead atoms. The van der Waals surface area contributed by atoms with Crippen molar-refractivity contribution in [1.82, 2.24) is 9.88 Å². The van der Waals surface area contributed by atoms with E-state index in [1.165, 1.54) is 14.0 Å². The number of ether oxygens (including phenoxy) is 1. The number of methoxy groups -OCH3 is 1. The molecule has 1 unspecified atom stereocenters. The van der Waals surface area contributed by atoms with E-state index >= 15 is 0 Å². The van der Waals surface area contributed by atoms with Crippen LogP contribution in [0.25, 0.3) is 0 Å². The monoisotopic (exact) mass is 477 g/mol. The zero-order chi connectivity index (χ0) is 25.5. The van der Waals surface area contributed by atoms with Crippen molar-refractivity contribution < 1.29 is 23.9 Å². The summed E-state index contributed by atoms with van der Waals surface area (Å²) in [5.41, 5.74) is 8.53. The van der Waals surface area contributed by atoms with Crippen LogP contribution in [-0.2, 0) is 27.8 Å². The van der Waals surface area contributed by atoms with E-state index in [4.69, 9.17) is 5.73 Å². The summed E-state index contributed by atoms with van der Waals surface area (Å²) in [6.45, 7) is 1.53. The normalized spacial score (nSPS) is 11.3. The van der Waals surface area contributed by atoms with Gasteiger partial charge in [-0.2, -0.15) is 0 Å². The lowest BCUT2D eigenvalue weighted by Gasteiger charge is -2.12. The summed E-state index contributed by atoms with van der Waals surface area (Å²) < 4.78 is 6.19. The van der Waals surface area contributed by atoms with E-state index in [1.807, 2.05) is 0 Å². The molecule has 2 aromatic carbocycles. The number of aromatic nitrogens is 1. The lowest BCUT2D eigenvalue weighted by atomic mass is 10.1. The molecule has 0 aliphatic carbocycles. The van der Waals surface area contributed by atoms with Gasteiger partial charge >= 0.3 is 5.97 Å². The zero-order valence-electron chi connectivity index (χ0n) is 19.6. The molecule has 35 heavy (non-hydrogen) atoms. The Hall–Kier alpha value is -4.60.